The molecule has 4 heteroatoms. The molecule has 0 fully saturated rings. The van der Waals surface area contributed by atoms with E-state index >= 15 is 0 Å². The van der Waals surface area contributed by atoms with Gasteiger partial charge in [0, 0.05) is 5.92 Å². The molecule has 1 aromatic carbocycles. The Bertz CT molecular complexity index is 828. The van der Waals surface area contributed by atoms with Gasteiger partial charge in [-0.2, -0.15) is 0 Å². The van der Waals surface area contributed by atoms with Crippen molar-refractivity contribution < 1.29 is 4.79 Å². The molecule has 20 heavy (non-hydrogen) atoms. The average Bonchev–Trinajstić information content (AvgIpc) is 2.45. The number of Topliss-reactive ketones (excluding diaryl/α,β-unsaturated/α-hetero) is 1. The maximum atomic E-state index is 12.3. The van der Waals surface area contributed by atoms with E-state index in [4.69, 9.17) is 0 Å². The van der Waals surface area contributed by atoms with Crippen LogP contribution in [0, 0.1) is 5.92 Å². The zero-order valence-electron chi connectivity index (χ0n) is 11.3. The standard InChI is InChI=1S/C16H14N2O2/c1-9-7-8-12(14(19)10(9)2)15-17-13-6-4-3-5-11(13)16(20)18-15/h3-8,10H,1-2H3,(H,17,18,20). The topological polar surface area (TPSA) is 62.8 Å². The van der Waals surface area contributed by atoms with Gasteiger partial charge >= 0.3 is 0 Å². The Morgan fingerprint density at radius 2 is 1.90 bits per heavy atom. The fraction of sp³-hybridized carbons (Fsp3) is 0.188. The van der Waals surface area contributed by atoms with Gasteiger partial charge in [0.2, 0.25) is 0 Å². The minimum Gasteiger partial charge on any atom is -0.306 e. The van der Waals surface area contributed by atoms with E-state index in [1.165, 1.54) is 0 Å². The van der Waals surface area contributed by atoms with E-state index in [1.54, 1.807) is 24.3 Å². The smallest absolute Gasteiger partial charge is 0.259 e. The number of nitrogens with one attached hydrogen (secondary N) is 1. The molecule has 1 N–H and O–H groups in total. The maximum Gasteiger partial charge on any atom is 0.259 e. The zero-order chi connectivity index (χ0) is 14.3. The van der Waals surface area contributed by atoms with E-state index in [0.29, 0.717) is 22.3 Å². The minimum absolute atomic E-state index is 0.0107. The van der Waals surface area contributed by atoms with Gasteiger partial charge in [0.15, 0.2) is 5.78 Å². The van der Waals surface area contributed by atoms with E-state index in [1.807, 2.05) is 26.0 Å². The molecule has 3 rings (SSSR count). The molecule has 100 valence electrons. The number of hydrogen-bond acceptors (Lipinski definition) is 3. The first-order valence-electron chi connectivity index (χ1n) is 6.50. The second-order valence-corrected chi connectivity index (χ2v) is 5.01. The molecule has 1 heterocycles. The number of fused-ring (bicyclic) bond motifs is 1. The molecule has 1 aliphatic rings. The predicted octanol–water partition coefficient (Wildman–Crippen LogP) is 2.47. The quantitative estimate of drug-likeness (QED) is 0.862. The molecule has 0 saturated carbocycles. The van der Waals surface area contributed by atoms with Gasteiger partial charge in [-0.25, -0.2) is 4.98 Å². The van der Waals surface area contributed by atoms with Crippen LogP contribution in [0.1, 0.15) is 19.7 Å². The Morgan fingerprint density at radius 3 is 2.70 bits per heavy atom. The van der Waals surface area contributed by atoms with E-state index in [-0.39, 0.29) is 17.3 Å². The van der Waals surface area contributed by atoms with Gasteiger partial charge in [-0.3, -0.25) is 9.59 Å². The van der Waals surface area contributed by atoms with Crippen molar-refractivity contribution in [2.24, 2.45) is 5.92 Å². The number of rotatable bonds is 1. The number of aromatic amines is 1. The Kier molecular flexibility index (Phi) is 2.86. The number of H-pyrrole nitrogens is 1. The van der Waals surface area contributed by atoms with Crippen molar-refractivity contribution in [3.63, 3.8) is 0 Å². The molecule has 1 unspecified atom stereocenters. The summed E-state index contributed by atoms with van der Waals surface area (Å²) in [5.41, 5.74) is 1.85. The number of benzene rings is 1. The molecule has 0 aliphatic heterocycles. The molecule has 4 nitrogen and oxygen atoms in total. The van der Waals surface area contributed by atoms with Crippen molar-refractivity contribution in [1.82, 2.24) is 9.97 Å². The second kappa shape index (κ2) is 4.56. The molecular formula is C16H14N2O2. The summed E-state index contributed by atoms with van der Waals surface area (Å²) in [7, 11) is 0. The summed E-state index contributed by atoms with van der Waals surface area (Å²) < 4.78 is 0. The summed E-state index contributed by atoms with van der Waals surface area (Å²) in [4.78, 5) is 31.5. The largest absolute Gasteiger partial charge is 0.306 e. The summed E-state index contributed by atoms with van der Waals surface area (Å²) in [6, 6.07) is 7.10. The highest BCUT2D eigenvalue weighted by molar-refractivity contribution is 6.22. The third kappa shape index (κ3) is 1.90. The lowest BCUT2D eigenvalue weighted by Crippen LogP contribution is -2.20. The van der Waals surface area contributed by atoms with Gasteiger partial charge in [-0.15, -0.1) is 0 Å². The number of aromatic nitrogens is 2. The van der Waals surface area contributed by atoms with Crippen LogP contribution in [0.3, 0.4) is 0 Å². The van der Waals surface area contributed by atoms with Crippen molar-refractivity contribution in [3.05, 3.63) is 58.2 Å². The molecule has 1 aromatic heterocycles. The lowest BCUT2D eigenvalue weighted by molar-refractivity contribution is -0.116. The van der Waals surface area contributed by atoms with Crippen LogP contribution >= 0.6 is 0 Å². The first-order valence-corrected chi connectivity index (χ1v) is 6.50. The fourth-order valence-electron chi connectivity index (χ4n) is 2.29. The van der Waals surface area contributed by atoms with E-state index < -0.39 is 0 Å². The highest BCUT2D eigenvalue weighted by Gasteiger charge is 2.24. The molecular weight excluding hydrogens is 252 g/mol. The summed E-state index contributed by atoms with van der Waals surface area (Å²) in [5.74, 6) is 0.157. The van der Waals surface area contributed by atoms with Crippen molar-refractivity contribution in [2.75, 3.05) is 0 Å². The van der Waals surface area contributed by atoms with Crippen LogP contribution in [0.15, 0.2) is 46.8 Å². The highest BCUT2D eigenvalue weighted by Crippen LogP contribution is 2.26. The molecule has 0 amide bonds. The predicted molar refractivity (Wildman–Crippen MR) is 78.3 cm³/mol. The van der Waals surface area contributed by atoms with Crippen LogP contribution in [-0.4, -0.2) is 15.8 Å². The van der Waals surface area contributed by atoms with E-state index in [0.717, 1.165) is 5.57 Å². The number of allylic oxidation sites excluding steroid dienone is 4. The molecule has 1 atom stereocenters. The maximum absolute atomic E-state index is 12.3. The number of carbonyl (C=O) groups is 1. The molecule has 0 bridgehead atoms. The van der Waals surface area contributed by atoms with Crippen LogP contribution in [0.4, 0.5) is 0 Å². The van der Waals surface area contributed by atoms with Crippen molar-refractivity contribution >= 4 is 22.3 Å². The normalized spacial score (nSPS) is 18.9. The Balaban J connectivity index is 2.21. The Labute approximate surface area is 115 Å². The monoisotopic (exact) mass is 266 g/mol. The first-order chi connectivity index (χ1) is 9.58. The number of hydrogen-bond donors (Lipinski definition) is 1. The SMILES string of the molecule is CC1=CC=C(c2nc3ccccc3c(=O)[nH]2)C(=O)C1C. The van der Waals surface area contributed by atoms with Crippen LogP contribution < -0.4 is 5.56 Å². The zero-order valence-corrected chi connectivity index (χ0v) is 11.3. The summed E-state index contributed by atoms with van der Waals surface area (Å²) >= 11 is 0. The Morgan fingerprint density at radius 1 is 1.15 bits per heavy atom. The highest BCUT2D eigenvalue weighted by atomic mass is 16.1. The Hall–Kier alpha value is -2.49. The molecule has 0 radical (unpaired) electrons. The second-order valence-electron chi connectivity index (χ2n) is 5.01. The third-order valence-electron chi connectivity index (χ3n) is 3.72. The number of ketones is 1. The van der Waals surface area contributed by atoms with Crippen LogP contribution in [0.25, 0.3) is 16.5 Å². The minimum atomic E-state index is -0.224. The molecule has 0 spiro atoms. The third-order valence-corrected chi connectivity index (χ3v) is 3.72. The fourth-order valence-corrected chi connectivity index (χ4v) is 2.29. The van der Waals surface area contributed by atoms with Gasteiger partial charge in [0.1, 0.15) is 5.82 Å². The van der Waals surface area contributed by atoms with E-state index in [9.17, 15) is 9.59 Å². The lowest BCUT2D eigenvalue weighted by Gasteiger charge is -2.17. The van der Waals surface area contributed by atoms with Gasteiger partial charge in [0.25, 0.3) is 5.56 Å². The van der Waals surface area contributed by atoms with Crippen molar-refractivity contribution in [3.8, 4) is 0 Å². The molecule has 0 saturated heterocycles. The van der Waals surface area contributed by atoms with Crippen molar-refractivity contribution in [1.29, 1.82) is 0 Å². The van der Waals surface area contributed by atoms with Crippen LogP contribution in [0.2, 0.25) is 0 Å². The van der Waals surface area contributed by atoms with Gasteiger partial charge < -0.3 is 4.98 Å². The number of carbonyl (C=O) groups excluding carboxylic acids is 1. The summed E-state index contributed by atoms with van der Waals surface area (Å²) in [6.07, 6.45) is 3.63. The number of nitrogens with zero attached hydrogens (tertiary/aromatic N) is 1. The number of para-hydroxylation sites is 1. The molecule has 2 aromatic rings. The van der Waals surface area contributed by atoms with Crippen LogP contribution in [0.5, 0.6) is 0 Å². The van der Waals surface area contributed by atoms with Crippen LogP contribution in [-0.2, 0) is 4.79 Å². The lowest BCUT2D eigenvalue weighted by atomic mass is 9.88. The summed E-state index contributed by atoms with van der Waals surface area (Å²) in [5, 5.41) is 0.528. The molecule has 1 aliphatic carbocycles. The summed E-state index contributed by atoms with van der Waals surface area (Å²) in [6.45, 7) is 3.78. The van der Waals surface area contributed by atoms with Gasteiger partial charge in [-0.05, 0) is 25.1 Å². The van der Waals surface area contributed by atoms with Gasteiger partial charge in [0.05, 0.1) is 16.5 Å². The van der Waals surface area contributed by atoms with Gasteiger partial charge in [-0.1, -0.05) is 30.7 Å². The average molecular weight is 266 g/mol. The van der Waals surface area contributed by atoms with Crippen molar-refractivity contribution in [2.45, 2.75) is 13.8 Å². The van der Waals surface area contributed by atoms with E-state index in [2.05, 4.69) is 9.97 Å². The first kappa shape index (κ1) is 12.5.